The first-order valence-electron chi connectivity index (χ1n) is 13.9. The lowest BCUT2D eigenvalue weighted by atomic mass is 9.89. The highest BCUT2D eigenvalue weighted by atomic mass is 16.3. The van der Waals surface area contributed by atoms with E-state index in [9.17, 15) is 15.0 Å². The number of aryl methyl sites for hydroxylation is 2. The first kappa shape index (κ1) is 28.5. The molecule has 39 heavy (non-hydrogen) atoms. The van der Waals surface area contributed by atoms with Gasteiger partial charge in [-0.3, -0.25) is 9.79 Å². The number of benzene rings is 3. The molecule has 0 saturated carbocycles. The van der Waals surface area contributed by atoms with Gasteiger partial charge in [-0.15, -0.1) is 0 Å². The Hall–Kier alpha value is -3.48. The molecule has 6 heteroatoms. The third-order valence-electron chi connectivity index (χ3n) is 7.75. The summed E-state index contributed by atoms with van der Waals surface area (Å²) in [5.41, 5.74) is 8.71. The quantitative estimate of drug-likeness (QED) is 0.278. The summed E-state index contributed by atoms with van der Waals surface area (Å²) >= 11 is 0. The minimum absolute atomic E-state index is 0.217. The van der Waals surface area contributed by atoms with Gasteiger partial charge in [0, 0.05) is 35.7 Å². The van der Waals surface area contributed by atoms with Gasteiger partial charge in [0.2, 0.25) is 5.91 Å². The van der Waals surface area contributed by atoms with E-state index in [-0.39, 0.29) is 19.1 Å². The highest BCUT2D eigenvalue weighted by Crippen LogP contribution is 2.32. The number of hydrogen-bond acceptors (Lipinski definition) is 5. The molecule has 0 fully saturated rings. The number of carbonyl (C=O) groups excluding carboxylic acids is 1. The zero-order chi connectivity index (χ0) is 28.0. The van der Waals surface area contributed by atoms with Crippen molar-refractivity contribution in [3.05, 3.63) is 88.5 Å². The standard InChI is InChI=1S/C33H41N3O3/c1-5-6-10-25-11-7-8-13-30(25)34-24(3)29-19-27(16-15-23(29)2)35-31-14-9-12-26-20-36(18-17-28(26)31)32(39)33(4,21-37)22-38/h7-9,11-16,19,35,37-38H,5-6,10,17-18,20-22H2,1-4H3. The van der Waals surface area contributed by atoms with E-state index >= 15 is 0 Å². The summed E-state index contributed by atoms with van der Waals surface area (Å²) < 4.78 is 0. The summed E-state index contributed by atoms with van der Waals surface area (Å²) in [5.74, 6) is -0.217. The highest BCUT2D eigenvalue weighted by molar-refractivity contribution is 6.02. The third kappa shape index (κ3) is 6.40. The summed E-state index contributed by atoms with van der Waals surface area (Å²) in [6.07, 6.45) is 4.04. The lowest BCUT2D eigenvalue weighted by molar-refractivity contribution is -0.147. The van der Waals surface area contributed by atoms with Gasteiger partial charge < -0.3 is 20.4 Å². The molecule has 3 aromatic carbocycles. The molecule has 0 spiro atoms. The van der Waals surface area contributed by atoms with Crippen molar-refractivity contribution >= 4 is 28.7 Å². The number of anilines is 2. The number of hydrogen-bond donors (Lipinski definition) is 3. The SMILES string of the molecule is CCCCc1ccccc1N=C(C)c1cc(Nc2cccc3c2CCN(C(=O)C(C)(CO)CO)C3)ccc1C. The van der Waals surface area contributed by atoms with Gasteiger partial charge in [0.05, 0.1) is 24.3 Å². The van der Waals surface area contributed by atoms with E-state index < -0.39 is 5.41 Å². The minimum atomic E-state index is -1.17. The van der Waals surface area contributed by atoms with Crippen LogP contribution in [0.4, 0.5) is 17.1 Å². The van der Waals surface area contributed by atoms with Crippen LogP contribution in [0.1, 0.15) is 61.4 Å². The number of carbonyl (C=O) groups is 1. The molecule has 1 aliphatic heterocycles. The summed E-state index contributed by atoms with van der Waals surface area (Å²) in [6, 6.07) is 20.9. The van der Waals surface area contributed by atoms with Gasteiger partial charge in [0.1, 0.15) is 0 Å². The van der Waals surface area contributed by atoms with Crippen LogP contribution in [0.15, 0.2) is 65.7 Å². The van der Waals surface area contributed by atoms with Crippen LogP contribution < -0.4 is 5.32 Å². The van der Waals surface area contributed by atoms with Crippen molar-refractivity contribution in [3.8, 4) is 0 Å². The number of rotatable bonds is 10. The number of nitrogens with one attached hydrogen (secondary N) is 1. The number of nitrogens with zero attached hydrogens (tertiary/aromatic N) is 2. The molecule has 3 N–H and O–H groups in total. The monoisotopic (exact) mass is 527 g/mol. The lowest BCUT2D eigenvalue weighted by Gasteiger charge is -2.36. The Labute approximate surface area is 232 Å². The molecule has 4 rings (SSSR count). The molecule has 0 saturated heterocycles. The van der Waals surface area contributed by atoms with E-state index in [4.69, 9.17) is 4.99 Å². The Balaban J connectivity index is 1.57. The van der Waals surface area contributed by atoms with E-state index in [1.165, 1.54) is 16.7 Å². The Morgan fingerprint density at radius 3 is 2.59 bits per heavy atom. The second kappa shape index (κ2) is 12.6. The minimum Gasteiger partial charge on any atom is -0.395 e. The number of para-hydroxylation sites is 1. The van der Waals surface area contributed by atoms with Crippen molar-refractivity contribution in [1.82, 2.24) is 4.90 Å². The number of aliphatic hydroxyl groups is 2. The fraction of sp³-hybridized carbons (Fsp3) is 0.394. The number of fused-ring (bicyclic) bond motifs is 1. The van der Waals surface area contributed by atoms with Gasteiger partial charge in [0.25, 0.3) is 0 Å². The third-order valence-corrected chi connectivity index (χ3v) is 7.75. The zero-order valence-corrected chi connectivity index (χ0v) is 23.6. The average Bonchev–Trinajstić information content (AvgIpc) is 2.96. The van der Waals surface area contributed by atoms with Gasteiger partial charge in [0.15, 0.2) is 0 Å². The van der Waals surface area contributed by atoms with Gasteiger partial charge >= 0.3 is 0 Å². The Bertz CT molecular complexity index is 1340. The van der Waals surface area contributed by atoms with Crippen molar-refractivity contribution < 1.29 is 15.0 Å². The van der Waals surface area contributed by atoms with Gasteiger partial charge in [-0.05, 0) is 86.6 Å². The maximum atomic E-state index is 13.0. The maximum absolute atomic E-state index is 13.0. The molecule has 0 radical (unpaired) electrons. The number of aliphatic imine (C=N–C) groups is 1. The normalized spacial score (nSPS) is 13.8. The van der Waals surface area contributed by atoms with Crippen LogP contribution in [0.2, 0.25) is 0 Å². The number of aliphatic hydroxyl groups excluding tert-OH is 2. The predicted octanol–water partition coefficient (Wildman–Crippen LogP) is 6.10. The van der Waals surface area contributed by atoms with Crippen molar-refractivity contribution in [2.24, 2.45) is 10.4 Å². The molecule has 0 aromatic heterocycles. The molecule has 1 aliphatic rings. The fourth-order valence-corrected chi connectivity index (χ4v) is 5.15. The van der Waals surface area contributed by atoms with Crippen molar-refractivity contribution in [2.75, 3.05) is 25.1 Å². The van der Waals surface area contributed by atoms with Gasteiger partial charge in [-0.25, -0.2) is 0 Å². The van der Waals surface area contributed by atoms with Crippen LogP contribution in [0.25, 0.3) is 0 Å². The maximum Gasteiger partial charge on any atom is 0.233 e. The topological polar surface area (TPSA) is 85.2 Å². The molecule has 0 aliphatic carbocycles. The number of amides is 1. The molecule has 0 bridgehead atoms. The van der Waals surface area contributed by atoms with Crippen LogP contribution in [-0.2, 0) is 24.2 Å². The highest BCUT2D eigenvalue weighted by Gasteiger charge is 2.37. The summed E-state index contributed by atoms with van der Waals surface area (Å²) in [7, 11) is 0. The molecule has 1 heterocycles. The van der Waals surface area contributed by atoms with Crippen molar-refractivity contribution in [3.63, 3.8) is 0 Å². The molecule has 0 atom stereocenters. The van der Waals surface area contributed by atoms with Crippen LogP contribution in [0.3, 0.4) is 0 Å². The predicted molar refractivity (Wildman–Crippen MR) is 159 cm³/mol. The summed E-state index contributed by atoms with van der Waals surface area (Å²) in [6.45, 7) is 8.25. The van der Waals surface area contributed by atoms with E-state index in [1.54, 1.807) is 11.8 Å². The zero-order valence-electron chi connectivity index (χ0n) is 23.6. The molecule has 1 amide bonds. The molecule has 6 nitrogen and oxygen atoms in total. The fourth-order valence-electron chi connectivity index (χ4n) is 5.15. The van der Waals surface area contributed by atoms with Crippen LogP contribution in [0, 0.1) is 12.3 Å². The Kier molecular flexibility index (Phi) is 9.20. The smallest absolute Gasteiger partial charge is 0.233 e. The molecule has 206 valence electrons. The first-order chi connectivity index (χ1) is 18.8. The molecule has 0 unspecified atom stereocenters. The molecule has 3 aromatic rings. The van der Waals surface area contributed by atoms with Gasteiger partial charge in [-0.1, -0.05) is 49.7 Å². The summed E-state index contributed by atoms with van der Waals surface area (Å²) in [5, 5.41) is 23.0. The molecular formula is C33H41N3O3. The second-order valence-electron chi connectivity index (χ2n) is 10.9. The Morgan fingerprint density at radius 1 is 1.08 bits per heavy atom. The second-order valence-corrected chi connectivity index (χ2v) is 10.9. The first-order valence-corrected chi connectivity index (χ1v) is 13.9. The lowest BCUT2D eigenvalue weighted by Crippen LogP contribution is -2.48. The van der Waals surface area contributed by atoms with Gasteiger partial charge in [-0.2, -0.15) is 0 Å². The molecular weight excluding hydrogens is 486 g/mol. The Morgan fingerprint density at radius 2 is 1.85 bits per heavy atom. The van der Waals surface area contributed by atoms with Crippen molar-refractivity contribution in [1.29, 1.82) is 0 Å². The van der Waals surface area contributed by atoms with Crippen molar-refractivity contribution in [2.45, 2.75) is 59.9 Å². The van der Waals surface area contributed by atoms with Crippen LogP contribution in [-0.4, -0.2) is 46.5 Å². The van der Waals surface area contributed by atoms with E-state index in [1.807, 2.05) is 18.2 Å². The average molecular weight is 528 g/mol. The van der Waals surface area contributed by atoms with Crippen LogP contribution >= 0.6 is 0 Å². The van der Waals surface area contributed by atoms with Crippen LogP contribution in [0.5, 0.6) is 0 Å². The summed E-state index contributed by atoms with van der Waals surface area (Å²) in [4.78, 5) is 19.8. The largest absolute Gasteiger partial charge is 0.395 e. The van der Waals surface area contributed by atoms with E-state index in [0.29, 0.717) is 19.5 Å². The van der Waals surface area contributed by atoms with E-state index in [2.05, 4.69) is 68.6 Å². The number of unbranched alkanes of at least 4 members (excludes halogenated alkanes) is 1. The van der Waals surface area contributed by atoms with E-state index in [0.717, 1.165) is 53.2 Å².